The number of carbonyl (C=O) groups is 1. The van der Waals surface area contributed by atoms with Crippen molar-refractivity contribution in [2.75, 3.05) is 39.6 Å². The van der Waals surface area contributed by atoms with Crippen LogP contribution in [-0.2, 0) is 32.3 Å². The molecule has 276 valence electrons. The average molecular weight is 736 g/mol. The molecule has 4 aromatic rings. The van der Waals surface area contributed by atoms with Crippen molar-refractivity contribution in [3.05, 3.63) is 76.2 Å². The van der Waals surface area contributed by atoms with E-state index in [0.717, 1.165) is 9.96 Å². The van der Waals surface area contributed by atoms with Gasteiger partial charge in [-0.3, -0.25) is 9.20 Å². The molecule has 0 fully saturated rings. The van der Waals surface area contributed by atoms with Crippen molar-refractivity contribution >= 4 is 21.6 Å². The van der Waals surface area contributed by atoms with Crippen molar-refractivity contribution in [1.29, 1.82) is 0 Å². The lowest BCUT2D eigenvalue weighted by Crippen LogP contribution is -2.34. The zero-order chi connectivity index (χ0) is 37.1. The first-order valence-electron chi connectivity index (χ1n) is 16.3. The number of alkyl halides is 3. The fourth-order valence-electron chi connectivity index (χ4n) is 6.04. The van der Waals surface area contributed by atoms with Gasteiger partial charge >= 0.3 is 12.1 Å². The van der Waals surface area contributed by atoms with Gasteiger partial charge in [0.25, 0.3) is 0 Å². The Labute approximate surface area is 293 Å². The fourth-order valence-corrected chi connectivity index (χ4v) is 7.56. The predicted molar refractivity (Wildman–Crippen MR) is 177 cm³/mol. The number of halogens is 3. The minimum Gasteiger partial charge on any atom is -0.481 e. The number of hydrogen-bond donors (Lipinski definition) is 2. The minimum atomic E-state index is -4.76. The number of sulfonamides is 1. The molecule has 0 bridgehead atoms. The SMILES string of the molecule is Cc1ccc(C(c2ccn3c(C(F)(F)F)nnc3c2C)C(C)(C)C(=O)O)cc1CN1CCCOCCOc2nc(OCCCO)ccc2S1(=O)=O. The van der Waals surface area contributed by atoms with E-state index in [2.05, 4.69) is 15.2 Å². The number of aryl methyl sites for hydroxylation is 2. The topological polar surface area (TPSA) is 166 Å². The Balaban J connectivity index is 1.58. The lowest BCUT2D eigenvalue weighted by atomic mass is 9.70. The zero-order valence-corrected chi connectivity index (χ0v) is 29.4. The number of aliphatic hydroxyl groups is 1. The summed E-state index contributed by atoms with van der Waals surface area (Å²) in [6.07, 6.45) is -2.85. The molecule has 1 atom stereocenters. The van der Waals surface area contributed by atoms with E-state index < -0.39 is 39.3 Å². The summed E-state index contributed by atoms with van der Waals surface area (Å²) in [5.74, 6) is -3.27. The maximum Gasteiger partial charge on any atom is 0.452 e. The molecule has 1 unspecified atom stereocenters. The van der Waals surface area contributed by atoms with Gasteiger partial charge in [-0.15, -0.1) is 10.2 Å². The predicted octanol–water partition coefficient (Wildman–Crippen LogP) is 4.75. The molecule has 5 rings (SSSR count). The number of aliphatic hydroxyl groups excluding tert-OH is 1. The first kappa shape index (κ1) is 37.9. The maximum atomic E-state index is 14.3. The molecular weight excluding hydrogens is 695 g/mol. The Morgan fingerprint density at radius 1 is 1.08 bits per heavy atom. The van der Waals surface area contributed by atoms with Gasteiger partial charge in [-0.2, -0.15) is 22.5 Å². The molecule has 0 spiro atoms. The van der Waals surface area contributed by atoms with E-state index in [-0.39, 0.29) is 68.4 Å². The number of carboxylic acids is 1. The summed E-state index contributed by atoms with van der Waals surface area (Å²) in [6, 6.07) is 9.47. The second kappa shape index (κ2) is 15.1. The highest BCUT2D eigenvalue weighted by atomic mass is 32.2. The van der Waals surface area contributed by atoms with Crippen LogP contribution in [0, 0.1) is 19.3 Å². The highest BCUT2D eigenvalue weighted by molar-refractivity contribution is 7.89. The standard InChI is InChI=1S/C34H40F3N5O8S/c1-21-7-8-23(28(33(3,4)32(44)45)25-11-13-42-29(22(25)2)39-40-31(42)34(35,36)37)19-24(21)20-41-12-5-15-48-17-18-50-30-26(51(41,46)47)9-10-27(38-30)49-16-6-14-43/h7-11,13,19,28,43H,5-6,12,14-18,20H2,1-4H3,(H,44,45). The third kappa shape index (κ3) is 7.95. The number of nitrogens with zero attached hydrogens (tertiary/aromatic N) is 5. The van der Waals surface area contributed by atoms with Crippen LogP contribution in [0.5, 0.6) is 11.8 Å². The van der Waals surface area contributed by atoms with Crippen LogP contribution >= 0.6 is 0 Å². The van der Waals surface area contributed by atoms with Crippen molar-refractivity contribution < 1.29 is 50.8 Å². The van der Waals surface area contributed by atoms with Crippen LogP contribution in [-0.4, -0.2) is 88.1 Å². The molecule has 3 aromatic heterocycles. The zero-order valence-electron chi connectivity index (χ0n) is 28.6. The quantitative estimate of drug-likeness (QED) is 0.216. The first-order valence-corrected chi connectivity index (χ1v) is 17.7. The van der Waals surface area contributed by atoms with Crippen LogP contribution in [0.2, 0.25) is 0 Å². The van der Waals surface area contributed by atoms with E-state index in [4.69, 9.17) is 19.3 Å². The monoisotopic (exact) mass is 735 g/mol. The van der Waals surface area contributed by atoms with Gasteiger partial charge in [-0.25, -0.2) is 8.42 Å². The van der Waals surface area contributed by atoms with Gasteiger partial charge in [-0.05, 0) is 74.1 Å². The number of aliphatic carboxylic acids is 1. The summed E-state index contributed by atoms with van der Waals surface area (Å²) in [4.78, 5) is 16.8. The number of benzene rings is 1. The van der Waals surface area contributed by atoms with Crippen LogP contribution in [0.1, 0.15) is 66.2 Å². The number of rotatable bonds is 10. The Hall–Kier alpha value is -4.32. The van der Waals surface area contributed by atoms with Gasteiger partial charge in [0.05, 0.1) is 18.6 Å². The van der Waals surface area contributed by atoms with Crippen molar-refractivity contribution in [2.45, 2.75) is 64.1 Å². The molecule has 0 radical (unpaired) electrons. The number of pyridine rings is 2. The molecule has 1 aliphatic heterocycles. The third-order valence-electron chi connectivity index (χ3n) is 8.89. The molecule has 17 heteroatoms. The van der Waals surface area contributed by atoms with Crippen LogP contribution in [0.25, 0.3) is 5.65 Å². The summed E-state index contributed by atoms with van der Waals surface area (Å²) in [5, 5.41) is 26.6. The van der Waals surface area contributed by atoms with Gasteiger partial charge in [-0.1, -0.05) is 18.2 Å². The summed E-state index contributed by atoms with van der Waals surface area (Å²) < 4.78 is 88.5. The van der Waals surface area contributed by atoms with E-state index in [1.54, 1.807) is 32.0 Å². The summed E-state index contributed by atoms with van der Waals surface area (Å²) >= 11 is 0. The Bertz CT molecular complexity index is 2000. The molecule has 2 N–H and O–H groups in total. The van der Waals surface area contributed by atoms with Gasteiger partial charge in [0.2, 0.25) is 27.6 Å². The van der Waals surface area contributed by atoms with E-state index in [0.29, 0.717) is 35.1 Å². The molecular formula is C34H40F3N5O8S. The minimum absolute atomic E-state index is 0.0507. The van der Waals surface area contributed by atoms with Gasteiger partial charge < -0.3 is 24.4 Å². The summed E-state index contributed by atoms with van der Waals surface area (Å²) in [6.45, 7) is 7.00. The Morgan fingerprint density at radius 2 is 1.84 bits per heavy atom. The average Bonchev–Trinajstić information content (AvgIpc) is 3.51. The smallest absolute Gasteiger partial charge is 0.452 e. The van der Waals surface area contributed by atoms with Gasteiger partial charge in [0, 0.05) is 50.9 Å². The lowest BCUT2D eigenvalue weighted by Gasteiger charge is -2.33. The first-order chi connectivity index (χ1) is 24.1. The van der Waals surface area contributed by atoms with Gasteiger partial charge in [0.1, 0.15) is 11.5 Å². The summed E-state index contributed by atoms with van der Waals surface area (Å²) in [7, 11) is -4.23. The molecule has 51 heavy (non-hydrogen) atoms. The molecule has 4 heterocycles. The highest BCUT2D eigenvalue weighted by Gasteiger charge is 2.42. The third-order valence-corrected chi connectivity index (χ3v) is 10.7. The van der Waals surface area contributed by atoms with Crippen LogP contribution in [0.3, 0.4) is 0 Å². The lowest BCUT2D eigenvalue weighted by molar-refractivity contribution is -0.147. The summed E-state index contributed by atoms with van der Waals surface area (Å²) in [5.41, 5.74) is 1.04. The molecule has 0 amide bonds. The Morgan fingerprint density at radius 3 is 2.55 bits per heavy atom. The highest BCUT2D eigenvalue weighted by Crippen LogP contribution is 2.44. The second-order valence-corrected chi connectivity index (χ2v) is 14.7. The molecule has 13 nitrogen and oxygen atoms in total. The number of carboxylic acid groups (broad SMARTS) is 1. The molecule has 1 aromatic carbocycles. The van der Waals surface area contributed by atoms with E-state index in [1.807, 2.05) is 0 Å². The van der Waals surface area contributed by atoms with Crippen LogP contribution < -0.4 is 9.47 Å². The number of hydrogen-bond acceptors (Lipinski definition) is 10. The van der Waals surface area contributed by atoms with Crippen molar-refractivity contribution in [1.82, 2.24) is 23.9 Å². The van der Waals surface area contributed by atoms with Crippen molar-refractivity contribution in [3.8, 4) is 11.8 Å². The largest absolute Gasteiger partial charge is 0.481 e. The number of ether oxygens (including phenoxy) is 3. The number of fused-ring (bicyclic) bond motifs is 2. The second-order valence-electron chi connectivity index (χ2n) is 12.8. The maximum absolute atomic E-state index is 14.3. The van der Waals surface area contributed by atoms with Crippen LogP contribution in [0.15, 0.2) is 47.5 Å². The van der Waals surface area contributed by atoms with E-state index in [9.17, 15) is 31.5 Å². The van der Waals surface area contributed by atoms with E-state index >= 15 is 0 Å². The number of aromatic nitrogens is 4. The van der Waals surface area contributed by atoms with Gasteiger partial charge in [0.15, 0.2) is 5.65 Å². The molecule has 0 aliphatic carbocycles. The normalized spacial score (nSPS) is 16.5. The molecule has 0 saturated heterocycles. The fraction of sp³-hybridized carbons (Fsp3) is 0.471. The molecule has 1 aliphatic rings. The van der Waals surface area contributed by atoms with E-state index in [1.165, 1.54) is 42.5 Å². The van der Waals surface area contributed by atoms with Crippen molar-refractivity contribution in [3.63, 3.8) is 0 Å². The van der Waals surface area contributed by atoms with Crippen LogP contribution in [0.4, 0.5) is 13.2 Å². The molecule has 0 saturated carbocycles. The Kier molecular flexibility index (Phi) is 11.2. The van der Waals surface area contributed by atoms with Crippen molar-refractivity contribution in [2.24, 2.45) is 5.41 Å².